The molecular weight excluding hydrogens is 508 g/mol. The quantitative estimate of drug-likeness (QED) is 0.381. The average Bonchev–Trinajstić information content (AvgIpc) is 3.20. The Hall–Kier alpha value is -3.10. The molecule has 7 nitrogen and oxygen atoms in total. The number of fused-ring (bicyclic) bond motifs is 1. The van der Waals surface area contributed by atoms with E-state index in [1.54, 1.807) is 23.8 Å². The fourth-order valence-electron chi connectivity index (χ4n) is 5.05. The number of thioether (sulfide) groups is 1. The zero-order valence-corrected chi connectivity index (χ0v) is 24.9. The molecule has 3 aromatic rings. The number of aromatic nitrogens is 2. The summed E-state index contributed by atoms with van der Waals surface area (Å²) in [4.78, 5) is 28.6. The summed E-state index contributed by atoms with van der Waals surface area (Å²) < 4.78 is 7.01. The van der Waals surface area contributed by atoms with Crippen molar-refractivity contribution < 1.29 is 14.3 Å². The number of carbonyl (C=O) groups excluding carboxylic acids is 2. The fourth-order valence-corrected chi connectivity index (χ4v) is 6.35. The summed E-state index contributed by atoms with van der Waals surface area (Å²) in [5.74, 6) is 0.648. The molecule has 0 saturated carbocycles. The molecular formula is C31H40N4O3S. The maximum absolute atomic E-state index is 13.8. The molecule has 39 heavy (non-hydrogen) atoms. The highest BCUT2D eigenvalue weighted by molar-refractivity contribution is 8.00. The van der Waals surface area contributed by atoms with Gasteiger partial charge in [-0.2, -0.15) is 5.10 Å². The molecule has 1 N–H and O–H groups in total. The summed E-state index contributed by atoms with van der Waals surface area (Å²) in [6.07, 6.45) is 0.710. The SMILES string of the molecule is COCCCNC(=O)CN1C(=O)CS[C@@H](c2ccccc2C)c2c(C(C)(C)C)nn(-c3ccc(C)cc3C)c21. The summed E-state index contributed by atoms with van der Waals surface area (Å²) in [5.41, 5.74) is 7.07. The molecule has 0 bridgehead atoms. The van der Waals surface area contributed by atoms with Crippen molar-refractivity contribution in [3.63, 3.8) is 0 Å². The molecule has 0 aliphatic carbocycles. The Labute approximate surface area is 236 Å². The van der Waals surface area contributed by atoms with Crippen molar-refractivity contribution in [2.45, 2.75) is 58.6 Å². The van der Waals surface area contributed by atoms with Crippen molar-refractivity contribution in [2.75, 3.05) is 37.5 Å². The van der Waals surface area contributed by atoms with Crippen LogP contribution in [0.2, 0.25) is 0 Å². The van der Waals surface area contributed by atoms with Gasteiger partial charge in [-0.05, 0) is 49.9 Å². The Bertz CT molecular complexity index is 1360. The molecule has 0 spiro atoms. The molecule has 8 heteroatoms. The lowest BCUT2D eigenvalue weighted by Gasteiger charge is -2.25. The Morgan fingerprint density at radius 2 is 1.87 bits per heavy atom. The lowest BCUT2D eigenvalue weighted by molar-refractivity contribution is -0.122. The van der Waals surface area contributed by atoms with Crippen LogP contribution in [0.5, 0.6) is 0 Å². The van der Waals surface area contributed by atoms with Crippen LogP contribution in [0.25, 0.3) is 5.69 Å². The maximum atomic E-state index is 13.8. The van der Waals surface area contributed by atoms with Gasteiger partial charge in [-0.1, -0.05) is 62.7 Å². The number of carbonyl (C=O) groups is 2. The van der Waals surface area contributed by atoms with E-state index in [1.807, 2.05) is 16.8 Å². The van der Waals surface area contributed by atoms with E-state index in [1.165, 1.54) is 0 Å². The number of ether oxygens (including phenoxy) is 1. The average molecular weight is 549 g/mol. The number of hydrogen-bond acceptors (Lipinski definition) is 5. The van der Waals surface area contributed by atoms with Crippen LogP contribution in [0.4, 0.5) is 5.82 Å². The number of amides is 2. The summed E-state index contributed by atoms with van der Waals surface area (Å²) in [5, 5.41) is 8.06. The minimum Gasteiger partial charge on any atom is -0.385 e. The van der Waals surface area contributed by atoms with Crippen LogP contribution in [0.15, 0.2) is 42.5 Å². The zero-order valence-electron chi connectivity index (χ0n) is 24.1. The van der Waals surface area contributed by atoms with Crippen LogP contribution >= 0.6 is 11.8 Å². The van der Waals surface area contributed by atoms with Crippen molar-refractivity contribution in [2.24, 2.45) is 0 Å². The van der Waals surface area contributed by atoms with Gasteiger partial charge in [-0.25, -0.2) is 4.68 Å². The van der Waals surface area contributed by atoms with Gasteiger partial charge in [-0.3, -0.25) is 14.5 Å². The van der Waals surface area contributed by atoms with Gasteiger partial charge >= 0.3 is 0 Å². The van der Waals surface area contributed by atoms with Crippen LogP contribution in [0.3, 0.4) is 0 Å². The molecule has 1 aromatic heterocycles. The van der Waals surface area contributed by atoms with E-state index < -0.39 is 0 Å². The van der Waals surface area contributed by atoms with E-state index in [2.05, 4.69) is 77.2 Å². The van der Waals surface area contributed by atoms with Gasteiger partial charge in [0.15, 0.2) is 0 Å². The van der Waals surface area contributed by atoms with Crippen LogP contribution in [0.1, 0.15) is 66.0 Å². The lowest BCUT2D eigenvalue weighted by atomic mass is 9.86. The Morgan fingerprint density at radius 3 is 2.54 bits per heavy atom. The monoisotopic (exact) mass is 548 g/mol. The molecule has 2 heterocycles. The minimum atomic E-state index is -0.295. The van der Waals surface area contributed by atoms with E-state index in [9.17, 15) is 9.59 Å². The van der Waals surface area contributed by atoms with Crippen LogP contribution in [-0.2, 0) is 19.7 Å². The van der Waals surface area contributed by atoms with Gasteiger partial charge in [0.2, 0.25) is 11.8 Å². The highest BCUT2D eigenvalue weighted by Crippen LogP contribution is 2.49. The molecule has 1 aliphatic rings. The lowest BCUT2D eigenvalue weighted by Crippen LogP contribution is -2.42. The van der Waals surface area contributed by atoms with Crippen molar-refractivity contribution in [1.82, 2.24) is 15.1 Å². The van der Waals surface area contributed by atoms with Crippen molar-refractivity contribution >= 4 is 29.4 Å². The van der Waals surface area contributed by atoms with Crippen molar-refractivity contribution in [3.05, 3.63) is 76.0 Å². The molecule has 208 valence electrons. The molecule has 4 rings (SSSR count). The topological polar surface area (TPSA) is 76.5 Å². The highest BCUT2D eigenvalue weighted by atomic mass is 32.2. The summed E-state index contributed by atoms with van der Waals surface area (Å²) >= 11 is 1.61. The number of aryl methyl sites for hydroxylation is 3. The van der Waals surface area contributed by atoms with Crippen LogP contribution in [0, 0.1) is 20.8 Å². The maximum Gasteiger partial charge on any atom is 0.240 e. The standard InChI is InChI=1S/C31H40N4O3S/c1-20-13-14-24(22(3)17-20)35-30-27(29(33-35)31(4,5)6)28(23-12-9-8-11-21(23)2)39-19-26(37)34(30)18-25(36)32-15-10-16-38-7/h8-9,11-14,17,28H,10,15-16,18-19H2,1-7H3,(H,32,36)/t28-/m0/s1. The zero-order chi connectivity index (χ0) is 28.3. The van der Waals surface area contributed by atoms with E-state index >= 15 is 0 Å². The number of nitrogens with zero attached hydrogens (tertiary/aromatic N) is 3. The predicted molar refractivity (Wildman–Crippen MR) is 159 cm³/mol. The van der Waals surface area contributed by atoms with E-state index in [0.29, 0.717) is 25.4 Å². The minimum absolute atomic E-state index is 0.0694. The molecule has 0 fully saturated rings. The fraction of sp³-hybridized carbons (Fsp3) is 0.452. The van der Waals surface area contributed by atoms with Gasteiger partial charge in [-0.15, -0.1) is 11.8 Å². The summed E-state index contributed by atoms with van der Waals surface area (Å²) in [6, 6.07) is 14.6. The first-order valence-electron chi connectivity index (χ1n) is 13.5. The van der Waals surface area contributed by atoms with Gasteiger partial charge in [0, 0.05) is 31.2 Å². The number of hydrogen-bond donors (Lipinski definition) is 1. The molecule has 2 amide bonds. The van der Waals surface area contributed by atoms with Gasteiger partial charge in [0.05, 0.1) is 22.4 Å². The third-order valence-corrected chi connectivity index (χ3v) is 8.24. The molecule has 1 aliphatic heterocycles. The largest absolute Gasteiger partial charge is 0.385 e. The number of benzene rings is 2. The Balaban J connectivity index is 1.95. The van der Waals surface area contributed by atoms with Crippen LogP contribution in [-0.4, -0.2) is 54.2 Å². The third kappa shape index (κ3) is 6.23. The molecule has 0 saturated heterocycles. The second-order valence-electron chi connectivity index (χ2n) is 11.3. The van der Waals surface area contributed by atoms with Gasteiger partial charge in [0.25, 0.3) is 0 Å². The second-order valence-corrected chi connectivity index (χ2v) is 12.4. The highest BCUT2D eigenvalue weighted by Gasteiger charge is 2.40. The summed E-state index contributed by atoms with van der Waals surface area (Å²) in [6.45, 7) is 13.7. The van der Waals surface area contributed by atoms with Crippen molar-refractivity contribution in [3.8, 4) is 5.69 Å². The Kier molecular flexibility index (Phi) is 8.86. The predicted octanol–water partition coefficient (Wildman–Crippen LogP) is 5.42. The van der Waals surface area contributed by atoms with E-state index in [4.69, 9.17) is 9.84 Å². The third-order valence-electron chi connectivity index (χ3n) is 7.00. The normalized spacial score (nSPS) is 15.7. The Morgan fingerprint density at radius 1 is 1.13 bits per heavy atom. The van der Waals surface area contributed by atoms with E-state index in [0.717, 1.165) is 39.2 Å². The molecule has 2 aromatic carbocycles. The number of nitrogens with one attached hydrogen (secondary N) is 1. The molecule has 0 radical (unpaired) electrons. The summed E-state index contributed by atoms with van der Waals surface area (Å²) in [7, 11) is 1.64. The number of rotatable bonds is 8. The van der Waals surface area contributed by atoms with Crippen molar-refractivity contribution in [1.29, 1.82) is 0 Å². The van der Waals surface area contributed by atoms with E-state index in [-0.39, 0.29) is 34.8 Å². The molecule has 0 unspecified atom stereocenters. The first-order valence-corrected chi connectivity index (χ1v) is 14.5. The smallest absolute Gasteiger partial charge is 0.240 e. The van der Waals surface area contributed by atoms with Gasteiger partial charge < -0.3 is 10.1 Å². The first-order chi connectivity index (χ1) is 18.5. The number of anilines is 1. The van der Waals surface area contributed by atoms with Crippen LogP contribution < -0.4 is 10.2 Å². The number of methoxy groups -OCH3 is 1. The van der Waals surface area contributed by atoms with Gasteiger partial charge in [0.1, 0.15) is 12.4 Å². The first kappa shape index (κ1) is 28.9. The molecule has 1 atom stereocenters. The second kappa shape index (κ2) is 12.0.